The number of aromatic nitrogens is 2. The molecule has 0 atom stereocenters. The van der Waals surface area contributed by atoms with E-state index in [0.717, 1.165) is 30.3 Å². The van der Waals surface area contributed by atoms with E-state index in [1.54, 1.807) is 23.5 Å². The van der Waals surface area contributed by atoms with Gasteiger partial charge in [0.1, 0.15) is 5.69 Å². The van der Waals surface area contributed by atoms with Gasteiger partial charge in [-0.1, -0.05) is 31.0 Å². The molecule has 0 spiro atoms. The third-order valence-corrected chi connectivity index (χ3v) is 5.64. The topological polar surface area (TPSA) is 74.8 Å². The Balaban J connectivity index is 1.60. The van der Waals surface area contributed by atoms with E-state index in [4.69, 9.17) is 0 Å². The third-order valence-electron chi connectivity index (χ3n) is 4.56. The van der Waals surface area contributed by atoms with Crippen molar-refractivity contribution < 1.29 is 4.79 Å². The van der Waals surface area contributed by atoms with E-state index in [1.807, 2.05) is 18.2 Å². The fourth-order valence-electron chi connectivity index (χ4n) is 3.26. The van der Waals surface area contributed by atoms with E-state index in [1.165, 1.54) is 24.1 Å². The van der Waals surface area contributed by atoms with Crippen LogP contribution in [0.5, 0.6) is 0 Å². The molecule has 25 heavy (non-hydrogen) atoms. The lowest BCUT2D eigenvalue weighted by Crippen LogP contribution is -2.18. The number of carbonyl (C=O) groups is 1. The monoisotopic (exact) mass is 353 g/mol. The summed E-state index contributed by atoms with van der Waals surface area (Å²) in [5.41, 5.74) is 1.12. The molecule has 1 aliphatic carbocycles. The van der Waals surface area contributed by atoms with Crippen molar-refractivity contribution in [2.45, 2.75) is 38.5 Å². The maximum Gasteiger partial charge on any atom is 0.273 e. The number of carbonyl (C=O) groups excluding carboxylic acids is 1. The number of nitrogens with zero attached hydrogens (tertiary/aromatic N) is 1. The fraction of sp³-hybridized carbons (Fsp3) is 0.316. The van der Waals surface area contributed by atoms with Gasteiger partial charge in [0.2, 0.25) is 0 Å². The van der Waals surface area contributed by atoms with Gasteiger partial charge in [0, 0.05) is 10.3 Å². The summed E-state index contributed by atoms with van der Waals surface area (Å²) in [5.74, 6) is -0.329. The number of H-pyrrole nitrogens is 1. The highest BCUT2D eigenvalue weighted by atomic mass is 32.1. The number of thiazole rings is 1. The molecule has 1 amide bonds. The number of anilines is 1. The average molecular weight is 353 g/mol. The summed E-state index contributed by atoms with van der Waals surface area (Å²) in [6.07, 6.45) is 6.86. The normalized spacial score (nSPS) is 14.6. The molecule has 1 aliphatic rings. The minimum Gasteiger partial charge on any atom is -0.317 e. The number of benzene rings is 1. The van der Waals surface area contributed by atoms with Crippen molar-refractivity contribution in [2.24, 2.45) is 0 Å². The van der Waals surface area contributed by atoms with Gasteiger partial charge in [-0.3, -0.25) is 14.9 Å². The van der Waals surface area contributed by atoms with Crippen LogP contribution in [0.4, 0.5) is 5.13 Å². The SMILES string of the molecule is O=C(Nc1nc2c(s1)CCCCCC2)c1cc2ccccc2c(=O)[nH]1. The van der Waals surface area contributed by atoms with Gasteiger partial charge in [0.25, 0.3) is 11.5 Å². The highest BCUT2D eigenvalue weighted by Gasteiger charge is 2.16. The molecule has 1 aromatic carbocycles. The van der Waals surface area contributed by atoms with E-state index in [0.29, 0.717) is 10.5 Å². The molecule has 2 aromatic heterocycles. The van der Waals surface area contributed by atoms with Crippen LogP contribution in [-0.4, -0.2) is 15.9 Å². The quantitative estimate of drug-likeness (QED) is 0.734. The second-order valence-corrected chi connectivity index (χ2v) is 7.44. The molecule has 6 heteroatoms. The molecule has 0 saturated heterocycles. The van der Waals surface area contributed by atoms with Crippen molar-refractivity contribution in [3.05, 3.63) is 57.0 Å². The van der Waals surface area contributed by atoms with Crippen LogP contribution in [0.2, 0.25) is 0 Å². The number of nitrogens with one attached hydrogen (secondary N) is 2. The Morgan fingerprint density at radius 1 is 1.12 bits per heavy atom. The first-order valence-corrected chi connectivity index (χ1v) is 9.44. The van der Waals surface area contributed by atoms with Crippen molar-refractivity contribution in [3.8, 4) is 0 Å². The molecular weight excluding hydrogens is 334 g/mol. The van der Waals surface area contributed by atoms with E-state index in [-0.39, 0.29) is 17.2 Å². The molecule has 128 valence electrons. The van der Waals surface area contributed by atoms with Crippen LogP contribution in [0.1, 0.15) is 46.7 Å². The summed E-state index contributed by atoms with van der Waals surface area (Å²) in [4.78, 5) is 33.2. The van der Waals surface area contributed by atoms with Gasteiger partial charge in [0.15, 0.2) is 5.13 Å². The zero-order valence-electron chi connectivity index (χ0n) is 13.8. The van der Waals surface area contributed by atoms with Gasteiger partial charge in [-0.05, 0) is 43.2 Å². The Hall–Kier alpha value is -2.47. The number of fused-ring (bicyclic) bond motifs is 2. The van der Waals surface area contributed by atoms with E-state index < -0.39 is 0 Å². The summed E-state index contributed by atoms with van der Waals surface area (Å²) in [6.45, 7) is 0. The Kier molecular flexibility index (Phi) is 4.36. The van der Waals surface area contributed by atoms with Crippen molar-refractivity contribution in [1.82, 2.24) is 9.97 Å². The van der Waals surface area contributed by atoms with Crippen molar-refractivity contribution in [1.29, 1.82) is 0 Å². The van der Waals surface area contributed by atoms with E-state index >= 15 is 0 Å². The summed E-state index contributed by atoms with van der Waals surface area (Å²) in [7, 11) is 0. The predicted octanol–water partition coefficient (Wildman–Crippen LogP) is 3.90. The molecule has 2 N–H and O–H groups in total. The van der Waals surface area contributed by atoms with Crippen molar-refractivity contribution in [3.63, 3.8) is 0 Å². The first-order valence-electron chi connectivity index (χ1n) is 8.63. The van der Waals surface area contributed by atoms with Gasteiger partial charge in [-0.15, -0.1) is 11.3 Å². The van der Waals surface area contributed by atoms with Crippen molar-refractivity contribution >= 4 is 33.1 Å². The molecule has 0 fully saturated rings. The molecule has 5 nitrogen and oxygen atoms in total. The van der Waals surface area contributed by atoms with Crippen molar-refractivity contribution in [2.75, 3.05) is 5.32 Å². The highest BCUT2D eigenvalue weighted by Crippen LogP contribution is 2.28. The molecule has 0 unspecified atom stereocenters. The first kappa shape index (κ1) is 16.0. The smallest absolute Gasteiger partial charge is 0.273 e. The number of rotatable bonds is 2. The molecule has 0 radical (unpaired) electrons. The Morgan fingerprint density at radius 2 is 1.92 bits per heavy atom. The molecule has 3 aromatic rings. The lowest BCUT2D eigenvalue weighted by molar-refractivity contribution is 0.102. The number of hydrogen-bond donors (Lipinski definition) is 2. The van der Waals surface area contributed by atoms with Gasteiger partial charge in [0.05, 0.1) is 5.69 Å². The molecule has 0 saturated carbocycles. The minimum atomic E-state index is -0.329. The molecule has 0 bridgehead atoms. The lowest BCUT2D eigenvalue weighted by Gasteiger charge is -2.06. The molecule has 4 rings (SSSR count). The summed E-state index contributed by atoms with van der Waals surface area (Å²) in [6, 6.07) is 8.94. The zero-order chi connectivity index (χ0) is 17.2. The first-order chi connectivity index (χ1) is 12.2. The minimum absolute atomic E-state index is 0.255. The van der Waals surface area contributed by atoms with Crippen LogP contribution in [0.3, 0.4) is 0 Å². The van der Waals surface area contributed by atoms with Crippen LogP contribution >= 0.6 is 11.3 Å². The third kappa shape index (κ3) is 3.35. The zero-order valence-corrected chi connectivity index (χ0v) is 14.6. The van der Waals surface area contributed by atoms with Gasteiger partial charge < -0.3 is 4.98 Å². The van der Waals surface area contributed by atoms with Crippen LogP contribution in [0, 0.1) is 0 Å². The second kappa shape index (κ2) is 6.80. The van der Waals surface area contributed by atoms with Crippen LogP contribution < -0.4 is 10.9 Å². The standard InChI is InChI=1S/C19H19N3O2S/c23-17-13-8-6-5-7-12(13)11-15(20-17)18(24)22-19-21-14-9-3-1-2-4-10-16(14)25-19/h5-8,11H,1-4,9-10H2,(H,20,23)(H,21,22,24). The molecular formula is C19H19N3O2S. The Labute approximate surface area is 149 Å². The largest absolute Gasteiger partial charge is 0.317 e. The summed E-state index contributed by atoms with van der Waals surface area (Å²) < 4.78 is 0. The van der Waals surface area contributed by atoms with E-state index in [2.05, 4.69) is 15.3 Å². The maximum absolute atomic E-state index is 12.5. The number of amides is 1. The number of aromatic amines is 1. The van der Waals surface area contributed by atoms with Crippen LogP contribution in [-0.2, 0) is 12.8 Å². The summed E-state index contributed by atoms with van der Waals surface area (Å²) in [5, 5.41) is 4.80. The van der Waals surface area contributed by atoms with Gasteiger partial charge in [-0.25, -0.2) is 4.98 Å². The Bertz CT molecular complexity index is 964. The summed E-state index contributed by atoms with van der Waals surface area (Å²) >= 11 is 1.55. The number of hydrogen-bond acceptors (Lipinski definition) is 4. The highest BCUT2D eigenvalue weighted by molar-refractivity contribution is 7.15. The molecule has 0 aliphatic heterocycles. The van der Waals surface area contributed by atoms with Crippen LogP contribution in [0.15, 0.2) is 35.1 Å². The number of aryl methyl sites for hydroxylation is 2. The fourth-order valence-corrected chi connectivity index (χ4v) is 4.30. The predicted molar refractivity (Wildman–Crippen MR) is 101 cm³/mol. The van der Waals surface area contributed by atoms with Gasteiger partial charge in [-0.2, -0.15) is 0 Å². The lowest BCUT2D eigenvalue weighted by atomic mass is 10.0. The van der Waals surface area contributed by atoms with E-state index in [9.17, 15) is 9.59 Å². The molecule has 2 heterocycles. The maximum atomic E-state index is 12.5. The Morgan fingerprint density at radius 3 is 2.80 bits per heavy atom. The average Bonchev–Trinajstić information content (AvgIpc) is 2.95. The van der Waals surface area contributed by atoms with Crippen LogP contribution in [0.25, 0.3) is 10.8 Å². The second-order valence-electron chi connectivity index (χ2n) is 6.36. The van der Waals surface area contributed by atoms with Gasteiger partial charge >= 0.3 is 0 Å². The number of pyridine rings is 1.